The summed E-state index contributed by atoms with van der Waals surface area (Å²) in [5.74, 6) is -1.16. The van der Waals surface area contributed by atoms with Crippen molar-refractivity contribution in [3.8, 4) is 17.2 Å². The summed E-state index contributed by atoms with van der Waals surface area (Å²) in [6.07, 6.45) is 0. The molecule has 1 saturated heterocycles. The van der Waals surface area contributed by atoms with Crippen LogP contribution in [0.5, 0.6) is 17.2 Å². The second kappa shape index (κ2) is 10.5. The van der Waals surface area contributed by atoms with E-state index in [-0.39, 0.29) is 33.5 Å². The molecule has 2 aromatic carbocycles. The molecule has 1 aliphatic heterocycles. The van der Waals surface area contributed by atoms with Crippen LogP contribution in [0.2, 0.25) is 10.0 Å². The molecule has 2 aromatic rings. The Hall–Kier alpha value is -2.94. The second-order valence-corrected chi connectivity index (χ2v) is 8.69. The predicted molar refractivity (Wildman–Crippen MR) is 130 cm³/mol. The highest BCUT2D eigenvalue weighted by atomic mass is 35.5. The number of likely N-dealkylation sites (N-methyl/N-ethyl adjacent to an activating group) is 1. The van der Waals surface area contributed by atoms with Crippen molar-refractivity contribution in [1.82, 2.24) is 9.80 Å². The molecule has 1 unspecified atom stereocenters. The maximum atomic E-state index is 13.3. The number of rotatable bonds is 8. The van der Waals surface area contributed by atoms with E-state index in [1.165, 1.54) is 38.4 Å². The first kappa shape index (κ1) is 25.7. The van der Waals surface area contributed by atoms with Crippen LogP contribution in [0.1, 0.15) is 17.2 Å². The number of nitrogens with zero attached hydrogens (tertiary/aromatic N) is 2. The number of ketones is 1. The first-order valence-electron chi connectivity index (χ1n) is 10.3. The number of benzene rings is 2. The fraction of sp³-hybridized carbons (Fsp3) is 0.333. The number of aliphatic hydroxyl groups is 1. The molecule has 0 radical (unpaired) electrons. The number of aliphatic hydroxyl groups excluding tert-OH is 1. The molecule has 1 aliphatic rings. The molecule has 1 fully saturated rings. The van der Waals surface area contributed by atoms with E-state index in [1.807, 2.05) is 19.0 Å². The summed E-state index contributed by atoms with van der Waals surface area (Å²) in [5, 5.41) is 11.8. The second-order valence-electron chi connectivity index (χ2n) is 7.85. The minimum absolute atomic E-state index is 0.0949. The third-order valence-corrected chi connectivity index (χ3v) is 6.02. The number of hydrogen-bond donors (Lipinski definition) is 1. The molecule has 182 valence electrons. The van der Waals surface area contributed by atoms with E-state index in [0.29, 0.717) is 23.6 Å². The lowest BCUT2D eigenvalue weighted by molar-refractivity contribution is -0.140. The zero-order valence-corrected chi connectivity index (χ0v) is 21.0. The predicted octanol–water partition coefficient (Wildman–Crippen LogP) is 4.00. The summed E-state index contributed by atoms with van der Waals surface area (Å²) < 4.78 is 16.4. The van der Waals surface area contributed by atoms with Gasteiger partial charge in [0, 0.05) is 23.7 Å². The average Bonchev–Trinajstić information content (AvgIpc) is 3.05. The van der Waals surface area contributed by atoms with E-state index in [4.69, 9.17) is 37.4 Å². The van der Waals surface area contributed by atoms with Gasteiger partial charge in [0.05, 0.1) is 43.5 Å². The average molecular weight is 509 g/mol. The highest BCUT2D eigenvalue weighted by molar-refractivity contribution is 6.47. The van der Waals surface area contributed by atoms with Crippen LogP contribution in [0.25, 0.3) is 5.76 Å². The number of carbonyl (C=O) groups is 2. The number of methoxy groups -OCH3 is 3. The largest absolute Gasteiger partial charge is 0.507 e. The van der Waals surface area contributed by atoms with Crippen LogP contribution >= 0.6 is 23.2 Å². The Kier molecular flexibility index (Phi) is 7.97. The Bertz CT molecular complexity index is 1150. The van der Waals surface area contributed by atoms with E-state index in [2.05, 4.69) is 0 Å². The Morgan fingerprint density at radius 2 is 1.74 bits per heavy atom. The van der Waals surface area contributed by atoms with Crippen LogP contribution in [-0.2, 0) is 9.59 Å². The van der Waals surface area contributed by atoms with Gasteiger partial charge in [-0.3, -0.25) is 9.59 Å². The maximum Gasteiger partial charge on any atom is 0.295 e. The monoisotopic (exact) mass is 508 g/mol. The number of halogens is 2. The molecule has 0 aliphatic carbocycles. The lowest BCUT2D eigenvalue weighted by atomic mass is 9.94. The Morgan fingerprint density at radius 1 is 1.06 bits per heavy atom. The van der Waals surface area contributed by atoms with Crippen LogP contribution in [-0.4, -0.2) is 75.1 Å². The van der Waals surface area contributed by atoms with Gasteiger partial charge in [0.2, 0.25) is 0 Å². The van der Waals surface area contributed by atoms with Crippen LogP contribution in [0.3, 0.4) is 0 Å². The van der Waals surface area contributed by atoms with Gasteiger partial charge in [-0.2, -0.15) is 0 Å². The smallest absolute Gasteiger partial charge is 0.295 e. The standard InChI is InChI=1S/C24H26Cl2N2O6/c1-27(2)9-10-28-19(14-7-6-8-17(32-3)23(14)34-5)18(21(30)24(28)31)20(29)15-11-13(25)12-16(26)22(15)33-4/h6-8,11-12,19,29H,9-10H2,1-5H3/b20-18+. The molecular weight excluding hydrogens is 483 g/mol. The van der Waals surface area contributed by atoms with Gasteiger partial charge < -0.3 is 29.1 Å². The molecule has 34 heavy (non-hydrogen) atoms. The van der Waals surface area contributed by atoms with Crippen LogP contribution in [0.4, 0.5) is 0 Å². The molecule has 1 N–H and O–H groups in total. The molecule has 8 nitrogen and oxygen atoms in total. The first-order chi connectivity index (χ1) is 16.2. The number of hydrogen-bond acceptors (Lipinski definition) is 7. The van der Waals surface area contributed by atoms with Gasteiger partial charge >= 0.3 is 0 Å². The normalized spacial score (nSPS) is 17.4. The van der Waals surface area contributed by atoms with Gasteiger partial charge in [0.1, 0.15) is 11.5 Å². The summed E-state index contributed by atoms with van der Waals surface area (Å²) in [4.78, 5) is 29.7. The Morgan fingerprint density at radius 3 is 2.32 bits per heavy atom. The van der Waals surface area contributed by atoms with Crippen LogP contribution < -0.4 is 14.2 Å². The van der Waals surface area contributed by atoms with Gasteiger partial charge in [-0.1, -0.05) is 35.3 Å². The molecule has 1 atom stereocenters. The fourth-order valence-electron chi connectivity index (χ4n) is 3.96. The number of amides is 1. The van der Waals surface area contributed by atoms with Crippen LogP contribution in [0, 0.1) is 0 Å². The van der Waals surface area contributed by atoms with Crippen molar-refractivity contribution in [3.05, 3.63) is 57.1 Å². The topological polar surface area (TPSA) is 88.5 Å². The molecule has 10 heteroatoms. The molecular formula is C24H26Cl2N2O6. The lowest BCUT2D eigenvalue weighted by Crippen LogP contribution is -2.35. The number of ether oxygens (including phenoxy) is 3. The van der Waals surface area contributed by atoms with E-state index < -0.39 is 23.5 Å². The summed E-state index contributed by atoms with van der Waals surface area (Å²) in [6.45, 7) is 0.717. The fourth-order valence-corrected chi connectivity index (χ4v) is 4.53. The minimum atomic E-state index is -0.951. The highest BCUT2D eigenvalue weighted by Gasteiger charge is 2.47. The molecule has 0 bridgehead atoms. The van der Waals surface area contributed by atoms with Crippen molar-refractivity contribution < 1.29 is 28.9 Å². The summed E-state index contributed by atoms with van der Waals surface area (Å²) in [7, 11) is 8.05. The van der Waals surface area contributed by atoms with E-state index >= 15 is 0 Å². The molecule has 0 aromatic heterocycles. The SMILES string of the molecule is COc1cccc(C2/C(=C(\O)c3cc(Cl)cc(Cl)c3OC)C(=O)C(=O)N2CCN(C)C)c1OC. The zero-order valence-electron chi connectivity index (χ0n) is 19.5. The quantitative estimate of drug-likeness (QED) is 0.327. The van der Waals surface area contributed by atoms with Gasteiger partial charge in [-0.15, -0.1) is 0 Å². The zero-order chi connectivity index (χ0) is 25.2. The van der Waals surface area contributed by atoms with E-state index in [0.717, 1.165) is 0 Å². The third kappa shape index (κ3) is 4.66. The van der Waals surface area contributed by atoms with Gasteiger partial charge in [-0.05, 0) is 32.3 Å². The molecule has 1 amide bonds. The number of carbonyl (C=O) groups excluding carboxylic acids is 2. The van der Waals surface area contributed by atoms with Crippen molar-refractivity contribution in [2.45, 2.75) is 6.04 Å². The molecule has 1 heterocycles. The summed E-state index contributed by atoms with van der Waals surface area (Å²) in [6, 6.07) is 7.07. The Balaban J connectivity index is 2.33. The number of para-hydroxylation sites is 1. The maximum absolute atomic E-state index is 13.3. The molecule has 0 spiro atoms. The van der Waals surface area contributed by atoms with Crippen LogP contribution in [0.15, 0.2) is 35.9 Å². The lowest BCUT2D eigenvalue weighted by Gasteiger charge is -2.28. The summed E-state index contributed by atoms with van der Waals surface area (Å²) >= 11 is 12.4. The van der Waals surface area contributed by atoms with Crippen molar-refractivity contribution in [2.75, 3.05) is 48.5 Å². The van der Waals surface area contributed by atoms with Crippen molar-refractivity contribution >= 4 is 40.7 Å². The van der Waals surface area contributed by atoms with E-state index in [1.54, 1.807) is 18.2 Å². The van der Waals surface area contributed by atoms with Gasteiger partial charge in [0.15, 0.2) is 11.5 Å². The van der Waals surface area contributed by atoms with Crippen molar-refractivity contribution in [3.63, 3.8) is 0 Å². The minimum Gasteiger partial charge on any atom is -0.507 e. The van der Waals surface area contributed by atoms with Gasteiger partial charge in [0.25, 0.3) is 11.7 Å². The first-order valence-corrected chi connectivity index (χ1v) is 11.1. The van der Waals surface area contributed by atoms with Crippen molar-refractivity contribution in [2.24, 2.45) is 0 Å². The third-order valence-electron chi connectivity index (χ3n) is 5.52. The summed E-state index contributed by atoms with van der Waals surface area (Å²) in [5.41, 5.74) is 0.442. The molecule has 0 saturated carbocycles. The number of likely N-dealkylation sites (tertiary alicyclic amines) is 1. The Labute approximate surface area is 208 Å². The number of Topliss-reactive ketones (excluding diaryl/α,β-unsaturated/α-hetero) is 1. The van der Waals surface area contributed by atoms with Crippen molar-refractivity contribution in [1.29, 1.82) is 0 Å². The van der Waals surface area contributed by atoms with Gasteiger partial charge in [-0.25, -0.2) is 0 Å². The van der Waals surface area contributed by atoms with E-state index in [9.17, 15) is 14.7 Å². The highest BCUT2D eigenvalue weighted by Crippen LogP contribution is 2.47. The molecule has 3 rings (SSSR count).